The van der Waals surface area contributed by atoms with Gasteiger partial charge in [-0.1, -0.05) is 18.1 Å². The minimum atomic E-state index is 0.0952. The van der Waals surface area contributed by atoms with E-state index in [9.17, 15) is 4.79 Å². The van der Waals surface area contributed by atoms with E-state index in [-0.39, 0.29) is 5.91 Å². The van der Waals surface area contributed by atoms with Crippen molar-refractivity contribution in [1.82, 2.24) is 15.1 Å². The largest absolute Gasteiger partial charge is 0.408 e. The molecule has 0 saturated carbocycles. The van der Waals surface area contributed by atoms with Gasteiger partial charge in [-0.25, -0.2) is 0 Å². The molecule has 0 spiro atoms. The van der Waals surface area contributed by atoms with E-state index in [4.69, 9.17) is 4.42 Å². The second-order valence-corrected chi connectivity index (χ2v) is 6.43. The molecule has 0 atom stereocenters. The number of carbonyl (C=O) groups excluding carboxylic acids is 1. The maximum atomic E-state index is 12.5. The number of hydrogen-bond acceptors (Lipinski definition) is 6. The van der Waals surface area contributed by atoms with E-state index in [2.05, 4.69) is 10.2 Å². The molecule has 0 unspecified atom stereocenters. The lowest BCUT2D eigenvalue weighted by Crippen LogP contribution is -2.49. The molecule has 2 aromatic heterocycles. The monoisotopic (exact) mass is 332 g/mol. The minimum Gasteiger partial charge on any atom is -0.408 e. The second-order valence-electron chi connectivity index (χ2n) is 5.45. The molecule has 1 saturated heterocycles. The quantitative estimate of drug-likeness (QED) is 0.805. The summed E-state index contributed by atoms with van der Waals surface area (Å²) in [6, 6.07) is 4.56. The molecule has 122 valence electrons. The fraction of sp³-hybridized carbons (Fsp3) is 0.438. The fourth-order valence-electron chi connectivity index (χ4n) is 2.51. The van der Waals surface area contributed by atoms with E-state index >= 15 is 0 Å². The Balaban J connectivity index is 1.59. The Bertz CT molecular complexity index is 685. The lowest BCUT2D eigenvalue weighted by atomic mass is 10.2. The summed E-state index contributed by atoms with van der Waals surface area (Å²) in [5.74, 6) is 0.742. The highest BCUT2D eigenvalue weighted by atomic mass is 32.1. The van der Waals surface area contributed by atoms with Crippen LogP contribution >= 0.6 is 11.3 Å². The molecule has 2 aromatic rings. The van der Waals surface area contributed by atoms with Crippen molar-refractivity contribution in [2.45, 2.75) is 20.3 Å². The number of aryl methyl sites for hydroxylation is 1. The maximum Gasteiger partial charge on any atom is 0.318 e. The number of anilines is 1. The van der Waals surface area contributed by atoms with Gasteiger partial charge in [0.1, 0.15) is 0 Å². The van der Waals surface area contributed by atoms with Crippen molar-refractivity contribution in [3.63, 3.8) is 0 Å². The summed E-state index contributed by atoms with van der Waals surface area (Å²) in [7, 11) is 0. The van der Waals surface area contributed by atoms with Crippen LogP contribution in [0.5, 0.6) is 0 Å². The van der Waals surface area contributed by atoms with Gasteiger partial charge >= 0.3 is 6.01 Å². The molecule has 6 nitrogen and oxygen atoms in total. The number of thiophene rings is 1. The van der Waals surface area contributed by atoms with E-state index in [1.165, 1.54) is 0 Å². The number of piperazine rings is 1. The predicted octanol–water partition coefficient (Wildman–Crippen LogP) is 2.45. The molecule has 0 aromatic carbocycles. The average molecular weight is 332 g/mol. The molecular formula is C16H20N4O2S. The highest BCUT2D eigenvalue weighted by Gasteiger charge is 2.24. The van der Waals surface area contributed by atoms with Gasteiger partial charge < -0.3 is 14.2 Å². The summed E-state index contributed by atoms with van der Waals surface area (Å²) < 4.78 is 5.58. The summed E-state index contributed by atoms with van der Waals surface area (Å²) in [5, 5.41) is 10.1. The van der Waals surface area contributed by atoms with Crippen molar-refractivity contribution in [2.75, 3.05) is 31.1 Å². The van der Waals surface area contributed by atoms with Gasteiger partial charge in [0.15, 0.2) is 0 Å². The lowest BCUT2D eigenvalue weighted by Gasteiger charge is -2.33. The van der Waals surface area contributed by atoms with Crippen LogP contribution in [0, 0.1) is 0 Å². The minimum absolute atomic E-state index is 0.0952. The molecule has 7 heteroatoms. The molecule has 1 aliphatic heterocycles. The third-order valence-electron chi connectivity index (χ3n) is 3.84. The van der Waals surface area contributed by atoms with Crippen LogP contribution in [-0.4, -0.2) is 47.2 Å². The van der Waals surface area contributed by atoms with Gasteiger partial charge in [0.25, 0.3) is 0 Å². The van der Waals surface area contributed by atoms with Crippen molar-refractivity contribution in [3.05, 3.63) is 33.9 Å². The predicted molar refractivity (Wildman–Crippen MR) is 90.4 cm³/mol. The van der Waals surface area contributed by atoms with Crippen LogP contribution in [0.3, 0.4) is 0 Å². The van der Waals surface area contributed by atoms with E-state index in [0.717, 1.165) is 16.9 Å². The number of nitrogens with zero attached hydrogens (tertiary/aromatic N) is 4. The number of hydrogen-bond donors (Lipinski definition) is 0. The third-order valence-corrected chi connectivity index (χ3v) is 4.65. The van der Waals surface area contributed by atoms with Gasteiger partial charge in [-0.3, -0.25) is 4.79 Å². The van der Waals surface area contributed by atoms with E-state index < -0.39 is 0 Å². The molecule has 1 amide bonds. The summed E-state index contributed by atoms with van der Waals surface area (Å²) in [5.41, 5.74) is 0.770. The van der Waals surface area contributed by atoms with Crippen molar-refractivity contribution in [1.29, 1.82) is 0 Å². The smallest absolute Gasteiger partial charge is 0.318 e. The number of aromatic nitrogens is 2. The molecule has 1 fully saturated rings. The molecular weight excluding hydrogens is 312 g/mol. The Labute approximate surface area is 139 Å². The highest BCUT2D eigenvalue weighted by molar-refractivity contribution is 7.10. The van der Waals surface area contributed by atoms with Crippen LogP contribution in [0.1, 0.15) is 24.6 Å². The zero-order valence-corrected chi connectivity index (χ0v) is 14.2. The van der Waals surface area contributed by atoms with Crippen molar-refractivity contribution in [2.24, 2.45) is 0 Å². The first-order valence-corrected chi connectivity index (χ1v) is 8.63. The summed E-state index contributed by atoms with van der Waals surface area (Å²) in [6.45, 7) is 6.61. The Morgan fingerprint density at radius 2 is 2.13 bits per heavy atom. The van der Waals surface area contributed by atoms with Gasteiger partial charge in [-0.05, 0) is 24.4 Å². The van der Waals surface area contributed by atoms with E-state index in [0.29, 0.717) is 38.1 Å². The molecule has 0 aliphatic carbocycles. The van der Waals surface area contributed by atoms with Crippen LogP contribution in [0.25, 0.3) is 6.08 Å². The molecule has 3 heterocycles. The first kappa shape index (κ1) is 15.7. The molecule has 0 N–H and O–H groups in total. The topological polar surface area (TPSA) is 62.5 Å². The fourth-order valence-corrected chi connectivity index (χ4v) is 3.23. The Hall–Kier alpha value is -2.15. The molecule has 1 aliphatic rings. The molecule has 3 rings (SSSR count). The Kier molecular flexibility index (Phi) is 4.76. The van der Waals surface area contributed by atoms with Crippen LogP contribution in [0.15, 0.2) is 27.5 Å². The second kappa shape index (κ2) is 6.95. The number of carbonyl (C=O) groups is 1. The normalized spacial score (nSPS) is 16.0. The molecule has 23 heavy (non-hydrogen) atoms. The zero-order valence-electron chi connectivity index (χ0n) is 13.4. The Morgan fingerprint density at radius 1 is 1.35 bits per heavy atom. The summed E-state index contributed by atoms with van der Waals surface area (Å²) in [6.07, 6.45) is 2.68. The van der Waals surface area contributed by atoms with Crippen molar-refractivity contribution >= 4 is 29.3 Å². The van der Waals surface area contributed by atoms with Gasteiger partial charge in [0, 0.05) is 43.1 Å². The standard InChI is InChI=1S/C16H20N4O2S/c1-3-14-17-18-16(22-14)20-8-6-19(7-9-20)15(21)12(2)11-13-5-4-10-23-13/h4-5,10-11H,3,6-9H2,1-2H3/b12-11+. The Morgan fingerprint density at radius 3 is 2.74 bits per heavy atom. The first-order chi connectivity index (χ1) is 11.2. The highest BCUT2D eigenvalue weighted by Crippen LogP contribution is 2.18. The number of amides is 1. The van der Waals surface area contributed by atoms with Gasteiger partial charge in [-0.2, -0.15) is 0 Å². The van der Waals surface area contributed by atoms with Crippen LogP contribution in [-0.2, 0) is 11.2 Å². The van der Waals surface area contributed by atoms with Gasteiger partial charge in [-0.15, -0.1) is 16.4 Å². The van der Waals surface area contributed by atoms with Crippen LogP contribution in [0.4, 0.5) is 6.01 Å². The van der Waals surface area contributed by atoms with E-state index in [1.54, 1.807) is 11.3 Å². The maximum absolute atomic E-state index is 12.5. The number of rotatable bonds is 4. The summed E-state index contributed by atoms with van der Waals surface area (Å²) >= 11 is 1.63. The third kappa shape index (κ3) is 3.61. The average Bonchev–Trinajstić information content (AvgIpc) is 3.25. The van der Waals surface area contributed by atoms with Crippen LogP contribution in [0.2, 0.25) is 0 Å². The summed E-state index contributed by atoms with van der Waals surface area (Å²) in [4.78, 5) is 17.5. The van der Waals surface area contributed by atoms with Gasteiger partial charge in [0.2, 0.25) is 11.8 Å². The van der Waals surface area contributed by atoms with Crippen molar-refractivity contribution < 1.29 is 9.21 Å². The molecule has 0 bridgehead atoms. The SMILES string of the molecule is CCc1nnc(N2CCN(C(=O)/C(C)=C/c3cccs3)CC2)o1. The first-order valence-electron chi connectivity index (χ1n) is 7.75. The zero-order chi connectivity index (χ0) is 16.2. The van der Waals surface area contributed by atoms with Crippen molar-refractivity contribution in [3.8, 4) is 0 Å². The van der Waals surface area contributed by atoms with E-state index in [1.807, 2.05) is 47.2 Å². The van der Waals surface area contributed by atoms with Crippen LogP contribution < -0.4 is 4.90 Å². The lowest BCUT2D eigenvalue weighted by molar-refractivity contribution is -0.127. The van der Waals surface area contributed by atoms with Gasteiger partial charge in [0.05, 0.1) is 0 Å². The molecule has 0 radical (unpaired) electrons.